The zero-order valence-corrected chi connectivity index (χ0v) is 12.1. The molecule has 1 N–H and O–H groups in total. The Balaban J connectivity index is 2.42. The highest BCUT2D eigenvalue weighted by Gasteiger charge is 2.15. The van der Waals surface area contributed by atoms with Gasteiger partial charge in [0.15, 0.2) is 11.5 Å². The number of para-hydroxylation sites is 1. The van der Waals surface area contributed by atoms with Gasteiger partial charge < -0.3 is 19.5 Å². The topological polar surface area (TPSA) is 52.6 Å². The van der Waals surface area contributed by atoms with Gasteiger partial charge in [-0.25, -0.2) is 9.37 Å². The van der Waals surface area contributed by atoms with E-state index in [0.29, 0.717) is 35.2 Å². The van der Waals surface area contributed by atoms with E-state index in [1.807, 2.05) is 0 Å². The molecule has 0 saturated carbocycles. The van der Waals surface area contributed by atoms with E-state index in [0.717, 1.165) is 6.20 Å². The van der Waals surface area contributed by atoms with E-state index < -0.39 is 5.82 Å². The van der Waals surface area contributed by atoms with Crippen LogP contribution in [0.15, 0.2) is 30.5 Å². The molecular formula is C15H17FN2O3. The molecule has 5 nitrogen and oxygen atoms in total. The van der Waals surface area contributed by atoms with Crippen molar-refractivity contribution in [2.75, 3.05) is 21.3 Å². The Hall–Kier alpha value is -2.34. The van der Waals surface area contributed by atoms with E-state index in [-0.39, 0.29) is 0 Å². The van der Waals surface area contributed by atoms with Crippen LogP contribution in [0.1, 0.15) is 5.56 Å². The highest BCUT2D eigenvalue weighted by Crippen LogP contribution is 2.40. The fraction of sp³-hybridized carbons (Fsp3) is 0.267. The number of hydrogen-bond donors (Lipinski definition) is 1. The number of halogens is 1. The molecule has 0 aliphatic heterocycles. The summed E-state index contributed by atoms with van der Waals surface area (Å²) >= 11 is 0. The Morgan fingerprint density at radius 1 is 1.19 bits per heavy atom. The average molecular weight is 292 g/mol. The molecule has 112 valence electrons. The van der Waals surface area contributed by atoms with Gasteiger partial charge in [-0.05, 0) is 25.2 Å². The van der Waals surface area contributed by atoms with Crippen molar-refractivity contribution in [2.45, 2.75) is 6.54 Å². The molecule has 6 heteroatoms. The molecule has 0 amide bonds. The second kappa shape index (κ2) is 6.90. The number of methoxy groups -OCH3 is 2. The molecule has 0 spiro atoms. The molecule has 21 heavy (non-hydrogen) atoms. The molecule has 0 aliphatic rings. The van der Waals surface area contributed by atoms with Crippen LogP contribution < -0.4 is 19.5 Å². The van der Waals surface area contributed by atoms with Gasteiger partial charge in [-0.15, -0.1) is 0 Å². The first-order valence-electron chi connectivity index (χ1n) is 6.37. The number of rotatable bonds is 6. The van der Waals surface area contributed by atoms with Crippen molar-refractivity contribution in [1.29, 1.82) is 0 Å². The molecule has 1 aromatic heterocycles. The molecule has 1 heterocycles. The summed E-state index contributed by atoms with van der Waals surface area (Å²) in [7, 11) is 4.83. The van der Waals surface area contributed by atoms with Crippen LogP contribution in [0.25, 0.3) is 0 Å². The third kappa shape index (κ3) is 3.41. The number of benzene rings is 1. The summed E-state index contributed by atoms with van der Waals surface area (Å²) < 4.78 is 29.6. The van der Waals surface area contributed by atoms with E-state index in [4.69, 9.17) is 14.2 Å². The third-order valence-electron chi connectivity index (χ3n) is 2.84. The number of ether oxygens (including phenoxy) is 3. The van der Waals surface area contributed by atoms with E-state index in [1.54, 1.807) is 25.2 Å². The van der Waals surface area contributed by atoms with Crippen molar-refractivity contribution in [1.82, 2.24) is 10.3 Å². The van der Waals surface area contributed by atoms with Crippen LogP contribution in [0.3, 0.4) is 0 Å². The van der Waals surface area contributed by atoms with E-state index >= 15 is 0 Å². The lowest BCUT2D eigenvalue weighted by Crippen LogP contribution is -2.08. The average Bonchev–Trinajstić information content (AvgIpc) is 2.50. The molecule has 2 rings (SSSR count). The first-order chi connectivity index (χ1) is 10.2. The third-order valence-corrected chi connectivity index (χ3v) is 2.84. The Bertz CT molecular complexity index is 598. The van der Waals surface area contributed by atoms with Crippen molar-refractivity contribution in [2.24, 2.45) is 0 Å². The van der Waals surface area contributed by atoms with Gasteiger partial charge in [0.05, 0.1) is 20.4 Å². The van der Waals surface area contributed by atoms with Crippen molar-refractivity contribution < 1.29 is 18.6 Å². The molecular weight excluding hydrogens is 275 g/mol. The normalized spacial score (nSPS) is 10.3. The van der Waals surface area contributed by atoms with Crippen molar-refractivity contribution in [3.8, 4) is 23.1 Å². The minimum Gasteiger partial charge on any atom is -0.493 e. The zero-order valence-electron chi connectivity index (χ0n) is 12.1. The fourth-order valence-corrected chi connectivity index (χ4v) is 1.89. The maximum atomic E-state index is 13.3. The standard InChI is InChI=1S/C15H17FN2O3/c1-17-8-10-7-11(16)9-18-15(10)21-14-12(19-2)5-4-6-13(14)20-3/h4-7,9,17H,8H2,1-3H3. The number of pyridine rings is 1. The molecule has 0 aliphatic carbocycles. The quantitative estimate of drug-likeness (QED) is 0.887. The lowest BCUT2D eigenvalue weighted by Gasteiger charge is -2.15. The van der Waals surface area contributed by atoms with Gasteiger partial charge in [0.1, 0.15) is 5.82 Å². The highest BCUT2D eigenvalue weighted by molar-refractivity contribution is 5.53. The van der Waals surface area contributed by atoms with Crippen LogP contribution in [0.5, 0.6) is 23.1 Å². The second-order valence-corrected chi connectivity index (χ2v) is 4.24. The fourth-order valence-electron chi connectivity index (χ4n) is 1.89. The molecule has 1 aromatic carbocycles. The highest BCUT2D eigenvalue weighted by atomic mass is 19.1. The summed E-state index contributed by atoms with van der Waals surface area (Å²) in [5, 5.41) is 2.95. The predicted octanol–water partition coefficient (Wildman–Crippen LogP) is 2.75. The van der Waals surface area contributed by atoms with Crippen LogP contribution in [-0.4, -0.2) is 26.3 Å². The summed E-state index contributed by atoms with van der Waals surface area (Å²) in [4.78, 5) is 3.99. The number of aromatic nitrogens is 1. The van der Waals surface area contributed by atoms with Gasteiger partial charge in [0.25, 0.3) is 0 Å². The summed E-state index contributed by atoms with van der Waals surface area (Å²) in [6.07, 6.45) is 1.11. The smallest absolute Gasteiger partial charge is 0.224 e. The first-order valence-corrected chi connectivity index (χ1v) is 6.37. The SMILES string of the molecule is CNCc1cc(F)cnc1Oc1c(OC)cccc1OC. The second-order valence-electron chi connectivity index (χ2n) is 4.24. The summed E-state index contributed by atoms with van der Waals surface area (Å²) in [5.41, 5.74) is 0.602. The van der Waals surface area contributed by atoms with Gasteiger partial charge in [-0.2, -0.15) is 0 Å². The van der Waals surface area contributed by atoms with Crippen LogP contribution in [-0.2, 0) is 6.54 Å². The molecule has 0 fully saturated rings. The Morgan fingerprint density at radius 2 is 1.86 bits per heavy atom. The molecule has 0 unspecified atom stereocenters. The number of nitrogens with one attached hydrogen (secondary N) is 1. The molecule has 2 aromatic rings. The Kier molecular flexibility index (Phi) is 4.94. The Labute approximate surface area is 122 Å². The number of nitrogens with zero attached hydrogens (tertiary/aromatic N) is 1. The molecule has 0 saturated heterocycles. The molecule has 0 bridgehead atoms. The van der Waals surface area contributed by atoms with Crippen LogP contribution in [0, 0.1) is 5.82 Å². The van der Waals surface area contributed by atoms with Crippen molar-refractivity contribution in [3.05, 3.63) is 41.8 Å². The summed E-state index contributed by atoms with van der Waals surface area (Å²) in [6.45, 7) is 0.428. The van der Waals surface area contributed by atoms with Crippen LogP contribution in [0.4, 0.5) is 4.39 Å². The summed E-state index contributed by atoms with van der Waals surface area (Å²) in [6, 6.07) is 6.66. The van der Waals surface area contributed by atoms with Gasteiger partial charge in [0.2, 0.25) is 11.6 Å². The van der Waals surface area contributed by atoms with E-state index in [2.05, 4.69) is 10.3 Å². The maximum Gasteiger partial charge on any atom is 0.224 e. The molecule has 0 radical (unpaired) electrons. The van der Waals surface area contributed by atoms with E-state index in [9.17, 15) is 4.39 Å². The lowest BCUT2D eigenvalue weighted by atomic mass is 10.2. The largest absolute Gasteiger partial charge is 0.493 e. The minimum absolute atomic E-state index is 0.300. The Morgan fingerprint density at radius 3 is 2.43 bits per heavy atom. The monoisotopic (exact) mass is 292 g/mol. The van der Waals surface area contributed by atoms with Crippen LogP contribution in [0.2, 0.25) is 0 Å². The predicted molar refractivity (Wildman–Crippen MR) is 76.6 cm³/mol. The molecule has 0 atom stereocenters. The van der Waals surface area contributed by atoms with Crippen molar-refractivity contribution >= 4 is 0 Å². The van der Waals surface area contributed by atoms with Crippen LogP contribution >= 0.6 is 0 Å². The van der Waals surface area contributed by atoms with Gasteiger partial charge >= 0.3 is 0 Å². The van der Waals surface area contributed by atoms with E-state index in [1.165, 1.54) is 20.3 Å². The van der Waals surface area contributed by atoms with Crippen molar-refractivity contribution in [3.63, 3.8) is 0 Å². The zero-order chi connectivity index (χ0) is 15.2. The minimum atomic E-state index is -0.417. The maximum absolute atomic E-state index is 13.3. The van der Waals surface area contributed by atoms with Gasteiger partial charge in [-0.3, -0.25) is 0 Å². The van der Waals surface area contributed by atoms with Gasteiger partial charge in [-0.1, -0.05) is 6.07 Å². The van der Waals surface area contributed by atoms with Gasteiger partial charge in [0, 0.05) is 12.1 Å². The lowest BCUT2D eigenvalue weighted by molar-refractivity contribution is 0.339. The number of hydrogen-bond acceptors (Lipinski definition) is 5. The first kappa shape index (κ1) is 15.1. The summed E-state index contributed by atoms with van der Waals surface area (Å²) in [5.74, 6) is 1.30.